The van der Waals surface area contributed by atoms with Gasteiger partial charge in [-0.1, -0.05) is 0 Å². The minimum atomic E-state index is 0. The molecule has 0 unspecified atom stereocenters. The maximum Gasteiger partial charge on any atom is 3.00 e. The molecule has 15 nitrogen and oxygen atoms in total. The topological polar surface area (TPSA) is 357 Å². The van der Waals surface area contributed by atoms with Gasteiger partial charge in [-0.3, -0.25) is 0 Å². The van der Waals surface area contributed by atoms with E-state index in [4.69, 9.17) is 178 Å². The summed E-state index contributed by atoms with van der Waals surface area (Å²) in [5, 5.41) is 93.8. The van der Waals surface area contributed by atoms with Crippen LogP contribution >= 0.6 is 0 Å². The zero-order valence-corrected chi connectivity index (χ0v) is 21.5. The fourth-order valence-corrected chi connectivity index (χ4v) is 0. The molecule has 0 aliphatic carbocycles. The standard InChI is InChI=1S/15CN.5Fe/c15*1-2;;;;;/q15*-1;5*+3. The van der Waals surface area contributed by atoms with E-state index in [-0.39, 0.29) is 85.3 Å². The van der Waals surface area contributed by atoms with Gasteiger partial charge in [0, 0.05) is 0 Å². The van der Waals surface area contributed by atoms with Crippen LogP contribution in [0.2, 0.25) is 0 Å². The molecule has 0 aromatic rings. The van der Waals surface area contributed by atoms with Gasteiger partial charge in [0.05, 0.1) is 0 Å². The van der Waals surface area contributed by atoms with E-state index in [1.165, 1.54) is 0 Å². The van der Waals surface area contributed by atoms with E-state index in [0.717, 1.165) is 0 Å². The minimum Gasteiger partial charge on any atom is -0.512 e. The number of hydrogen-bond acceptors (Lipinski definition) is 15. The first-order chi connectivity index (χ1) is 15.0. The van der Waals surface area contributed by atoms with Gasteiger partial charge in [0.25, 0.3) is 0 Å². The van der Waals surface area contributed by atoms with Gasteiger partial charge in [0.15, 0.2) is 0 Å². The Balaban J connectivity index is -0.00000000379. The van der Waals surface area contributed by atoms with Crippen LogP contribution < -0.4 is 0 Å². The molecule has 5 radical (unpaired) electrons. The molecule has 0 atom stereocenters. The first kappa shape index (κ1) is 254. The second-order valence-electron chi connectivity index (χ2n) is 0. The zero-order chi connectivity index (χ0) is 30.0. The summed E-state index contributed by atoms with van der Waals surface area (Å²) in [7, 11) is 0. The van der Waals surface area contributed by atoms with Crippen LogP contribution in [0, 0.1) is 178 Å². The summed E-state index contributed by atoms with van der Waals surface area (Å²) in [6.07, 6.45) is 0. The van der Waals surface area contributed by atoms with Crippen molar-refractivity contribution in [1.29, 1.82) is 78.9 Å². The molecule has 0 aromatic carbocycles. The quantitative estimate of drug-likeness (QED) is 0.260. The third kappa shape index (κ3) is 823. The smallest absolute Gasteiger partial charge is 0.512 e. The molecule has 0 N–H and O–H groups in total. The fourth-order valence-electron chi connectivity index (χ4n) is 0. The molecule has 0 saturated heterocycles. The molecule has 0 amide bonds. The van der Waals surface area contributed by atoms with Gasteiger partial charge in [0.2, 0.25) is 0 Å². The number of hydrogen-bond donors (Lipinski definition) is 0. The normalized spacial score (nSPS) is 0.857. The van der Waals surface area contributed by atoms with Gasteiger partial charge >= 0.3 is 85.3 Å². The molecule has 0 spiro atoms. The van der Waals surface area contributed by atoms with Crippen molar-refractivity contribution >= 4 is 0 Å². The first-order valence-corrected chi connectivity index (χ1v) is 3.35. The van der Waals surface area contributed by atoms with E-state index in [0.29, 0.717) is 0 Å². The van der Waals surface area contributed by atoms with Crippen LogP contribution in [0.5, 0.6) is 0 Å². The van der Waals surface area contributed by atoms with E-state index in [1.54, 1.807) is 0 Å². The molecule has 0 aromatic heterocycles. The van der Waals surface area contributed by atoms with Crippen LogP contribution in [0.4, 0.5) is 0 Å². The second kappa shape index (κ2) is 886. The second-order valence-corrected chi connectivity index (χ2v) is 0. The van der Waals surface area contributed by atoms with Crippen LogP contribution in [-0.2, 0) is 85.3 Å². The average Bonchev–Trinajstić information content (AvgIpc) is 3.00. The number of nitrogens with zero attached hydrogens (tertiary/aromatic N) is 15. The summed E-state index contributed by atoms with van der Waals surface area (Å²) in [6, 6.07) is 0. The van der Waals surface area contributed by atoms with Crippen molar-refractivity contribution in [1.82, 2.24) is 0 Å². The van der Waals surface area contributed by atoms with Crippen LogP contribution in [0.1, 0.15) is 0 Å². The average molecular weight is 669 g/mol. The van der Waals surface area contributed by atoms with E-state index in [1.807, 2.05) is 0 Å². The van der Waals surface area contributed by atoms with Crippen molar-refractivity contribution in [3.63, 3.8) is 0 Å². The van der Waals surface area contributed by atoms with Crippen LogP contribution in [0.3, 0.4) is 0 Å². The molecule has 0 bridgehead atoms. The zero-order valence-electron chi connectivity index (χ0n) is 16.0. The molecule has 0 aliphatic rings. The summed E-state index contributed by atoms with van der Waals surface area (Å²) in [4.78, 5) is 0. The molecule has 175 valence electrons. The molecular weight excluding hydrogens is 669 g/mol. The van der Waals surface area contributed by atoms with Gasteiger partial charge in [-0.15, -0.1) is 0 Å². The Bertz CT molecular complexity index is 298. The Kier molecular flexibility index (Phi) is 6420. The van der Waals surface area contributed by atoms with Crippen molar-refractivity contribution in [2.24, 2.45) is 0 Å². The number of rotatable bonds is 0. The Morgan fingerprint density at radius 3 is 0.114 bits per heavy atom. The van der Waals surface area contributed by atoms with Gasteiger partial charge < -0.3 is 178 Å². The summed E-state index contributed by atoms with van der Waals surface area (Å²) >= 11 is 0. The molecule has 0 heterocycles. The van der Waals surface area contributed by atoms with E-state index >= 15 is 0 Å². The maximum atomic E-state index is 6.25. The molecule has 35 heavy (non-hydrogen) atoms. The summed E-state index contributed by atoms with van der Waals surface area (Å²) < 4.78 is 0. The Morgan fingerprint density at radius 1 is 0.114 bits per heavy atom. The minimum absolute atomic E-state index is 0. The molecule has 0 fully saturated rings. The first-order valence-electron chi connectivity index (χ1n) is 3.35. The predicted molar refractivity (Wildman–Crippen MR) is 74.5 cm³/mol. The Morgan fingerprint density at radius 2 is 0.114 bits per heavy atom. The van der Waals surface area contributed by atoms with Crippen molar-refractivity contribution < 1.29 is 85.3 Å². The molecule has 0 rings (SSSR count). The molecule has 0 aliphatic heterocycles. The van der Waals surface area contributed by atoms with Crippen LogP contribution in [-0.4, -0.2) is 0 Å². The van der Waals surface area contributed by atoms with Crippen LogP contribution in [0.25, 0.3) is 0 Å². The van der Waals surface area contributed by atoms with E-state index in [9.17, 15) is 0 Å². The monoisotopic (exact) mass is 670 g/mol. The van der Waals surface area contributed by atoms with Gasteiger partial charge in [0.1, 0.15) is 0 Å². The van der Waals surface area contributed by atoms with E-state index in [2.05, 4.69) is 0 Å². The molecule has 20 heteroatoms. The van der Waals surface area contributed by atoms with E-state index < -0.39 is 0 Å². The summed E-state index contributed by atoms with van der Waals surface area (Å²) in [6.45, 7) is 71.2. The SMILES string of the molecule is [C-]#N.[C-]#N.[C-]#N.[C-]#N.[C-]#N.[C-]#N.[C-]#N.[C-]#N.[C-]#N.[C-]#N.[C-]#N.[C-]#N.[C-]#N.[C-]#N.[C-]#N.[Fe+3].[Fe+3].[Fe+3].[Fe+3].[Fe+3]. The van der Waals surface area contributed by atoms with Crippen LogP contribution in [0.15, 0.2) is 0 Å². The summed E-state index contributed by atoms with van der Waals surface area (Å²) in [5.41, 5.74) is 0. The van der Waals surface area contributed by atoms with Crippen molar-refractivity contribution in [2.45, 2.75) is 0 Å². The molecule has 0 saturated carbocycles. The van der Waals surface area contributed by atoms with Crippen molar-refractivity contribution in [3.8, 4) is 0 Å². The third-order valence-corrected chi connectivity index (χ3v) is 0. The molecular formula is C15Fe5N15. The Labute approximate surface area is 261 Å². The fraction of sp³-hybridized carbons (Fsp3) is 0. The third-order valence-electron chi connectivity index (χ3n) is 0. The van der Waals surface area contributed by atoms with Gasteiger partial charge in [-0.25, -0.2) is 0 Å². The van der Waals surface area contributed by atoms with Crippen molar-refractivity contribution in [3.05, 3.63) is 98.6 Å². The maximum absolute atomic E-state index is 6.25. The van der Waals surface area contributed by atoms with Gasteiger partial charge in [-0.2, -0.15) is 0 Å². The van der Waals surface area contributed by atoms with Gasteiger partial charge in [-0.05, 0) is 0 Å². The Hall–Kier alpha value is -5.05. The predicted octanol–water partition coefficient (Wildman–Crippen LogP) is 1.43. The summed E-state index contributed by atoms with van der Waals surface area (Å²) in [5.74, 6) is 0. The van der Waals surface area contributed by atoms with Crippen molar-refractivity contribution in [2.75, 3.05) is 0 Å². The largest absolute Gasteiger partial charge is 3.00 e.